The quantitative estimate of drug-likeness (QED) is 0.0782. The molecule has 9 nitrogen and oxygen atoms in total. The first-order chi connectivity index (χ1) is 26.7. The van der Waals surface area contributed by atoms with Crippen LogP contribution in [0.3, 0.4) is 0 Å². The summed E-state index contributed by atoms with van der Waals surface area (Å²) in [7, 11) is 0. The van der Waals surface area contributed by atoms with Gasteiger partial charge in [-0.05, 0) is 83.9 Å². The number of amides is 4. The second-order valence-corrected chi connectivity index (χ2v) is 12.5. The van der Waals surface area contributed by atoms with Gasteiger partial charge >= 0.3 is 0 Å². The lowest BCUT2D eigenvalue weighted by atomic mass is 10.0. The highest BCUT2D eigenvalue weighted by atomic mass is 16.2. The van der Waals surface area contributed by atoms with Crippen LogP contribution in [0.4, 0.5) is 17.1 Å². The van der Waals surface area contributed by atoms with E-state index in [1.165, 1.54) is 36.4 Å². The molecule has 6 aromatic carbocycles. The number of rotatable bonds is 11. The molecule has 0 saturated heterocycles. The third-order valence-electron chi connectivity index (χ3n) is 8.78. The van der Waals surface area contributed by atoms with Crippen LogP contribution >= 0.6 is 0 Å². The molecule has 0 aromatic heterocycles. The van der Waals surface area contributed by atoms with E-state index in [0.29, 0.717) is 33.6 Å². The first-order valence-corrected chi connectivity index (χ1v) is 17.2. The second-order valence-electron chi connectivity index (χ2n) is 12.5. The highest BCUT2D eigenvalue weighted by molar-refractivity contribution is 6.35. The molecule has 0 unspecified atom stereocenters. The molecular weight excluding hydrogens is 691 g/mol. The Kier molecular flexibility index (Phi) is 10.3. The van der Waals surface area contributed by atoms with Crippen LogP contribution in [0.2, 0.25) is 0 Å². The lowest BCUT2D eigenvalue weighted by Gasteiger charge is -2.15. The molecule has 0 fully saturated rings. The number of fused-ring (bicyclic) bond motifs is 1. The fourth-order valence-electron chi connectivity index (χ4n) is 5.99. The molecule has 1 aliphatic rings. The van der Waals surface area contributed by atoms with Crippen molar-refractivity contribution in [3.63, 3.8) is 0 Å². The van der Waals surface area contributed by atoms with E-state index in [4.69, 9.17) is 0 Å². The number of benzene rings is 6. The van der Waals surface area contributed by atoms with Crippen molar-refractivity contribution in [2.75, 3.05) is 15.5 Å². The largest absolute Gasteiger partial charge is 0.322 e. The van der Waals surface area contributed by atoms with Gasteiger partial charge in [0, 0.05) is 33.6 Å². The van der Waals surface area contributed by atoms with Gasteiger partial charge < -0.3 is 10.6 Å². The molecule has 266 valence electrons. The summed E-state index contributed by atoms with van der Waals surface area (Å²) in [5.74, 6) is -2.48. The minimum atomic E-state index is -0.632. The van der Waals surface area contributed by atoms with Gasteiger partial charge in [0.2, 0.25) is 0 Å². The number of nitrogens with one attached hydrogen (secondary N) is 2. The number of allylic oxidation sites excluding steroid dienone is 2. The average Bonchev–Trinajstić information content (AvgIpc) is 3.47. The molecule has 4 amide bonds. The number of imide groups is 1. The lowest BCUT2D eigenvalue weighted by molar-refractivity contribution is 0.0922. The summed E-state index contributed by atoms with van der Waals surface area (Å²) in [6, 6.07) is 42.1. The fraction of sp³-hybridized carbons (Fsp3) is 0. The van der Waals surface area contributed by atoms with Crippen LogP contribution in [-0.2, 0) is 0 Å². The Morgan fingerprint density at radius 1 is 0.436 bits per heavy atom. The normalized spacial score (nSPS) is 12.2. The minimum Gasteiger partial charge on any atom is -0.322 e. The van der Waals surface area contributed by atoms with Gasteiger partial charge in [-0.3, -0.25) is 28.8 Å². The van der Waals surface area contributed by atoms with Gasteiger partial charge in [-0.25, -0.2) is 4.90 Å². The van der Waals surface area contributed by atoms with E-state index in [-0.39, 0.29) is 39.5 Å². The predicted molar refractivity (Wildman–Crippen MR) is 212 cm³/mol. The number of anilines is 3. The number of hydrogen-bond donors (Lipinski definition) is 2. The molecular formula is C46H31N3O6. The number of nitrogens with zero attached hydrogens (tertiary/aromatic N) is 1. The maximum absolute atomic E-state index is 13.6. The number of ketones is 2. The highest BCUT2D eigenvalue weighted by Crippen LogP contribution is 2.30. The molecule has 0 spiro atoms. The molecule has 1 heterocycles. The topological polar surface area (TPSA) is 130 Å². The Balaban J connectivity index is 1.01. The van der Waals surface area contributed by atoms with Crippen molar-refractivity contribution in [3.05, 3.63) is 208 Å². The van der Waals surface area contributed by atoms with Crippen molar-refractivity contribution in [1.82, 2.24) is 0 Å². The van der Waals surface area contributed by atoms with Crippen molar-refractivity contribution in [1.29, 1.82) is 0 Å². The smallest absolute Gasteiger partial charge is 0.266 e. The number of carbonyl (C=O) groups is 6. The molecule has 0 radical (unpaired) electrons. The van der Waals surface area contributed by atoms with E-state index < -0.39 is 23.6 Å². The third-order valence-corrected chi connectivity index (χ3v) is 8.78. The van der Waals surface area contributed by atoms with Crippen LogP contribution in [0.25, 0.3) is 12.2 Å². The predicted octanol–water partition coefficient (Wildman–Crippen LogP) is 8.78. The average molecular weight is 722 g/mol. The molecule has 0 aliphatic carbocycles. The molecule has 6 aromatic rings. The molecule has 0 atom stereocenters. The monoisotopic (exact) mass is 721 g/mol. The van der Waals surface area contributed by atoms with Crippen molar-refractivity contribution in [2.45, 2.75) is 0 Å². The maximum Gasteiger partial charge on any atom is 0.266 e. The fourth-order valence-corrected chi connectivity index (χ4v) is 5.99. The molecule has 55 heavy (non-hydrogen) atoms. The van der Waals surface area contributed by atoms with Gasteiger partial charge in [0.05, 0.1) is 16.8 Å². The van der Waals surface area contributed by atoms with Crippen molar-refractivity contribution in [3.8, 4) is 0 Å². The van der Waals surface area contributed by atoms with Gasteiger partial charge in [0.15, 0.2) is 11.6 Å². The summed E-state index contributed by atoms with van der Waals surface area (Å²) < 4.78 is 0. The van der Waals surface area contributed by atoms with E-state index in [9.17, 15) is 28.8 Å². The molecule has 2 N–H and O–H groups in total. The molecule has 1 aliphatic heterocycles. The Hall–Kier alpha value is -7.78. The summed E-state index contributed by atoms with van der Waals surface area (Å²) >= 11 is 0. The van der Waals surface area contributed by atoms with Crippen LogP contribution in [-0.4, -0.2) is 35.2 Å². The maximum atomic E-state index is 13.6. The summed E-state index contributed by atoms with van der Waals surface area (Å²) in [6.45, 7) is 0. The Bertz CT molecular complexity index is 2560. The summed E-state index contributed by atoms with van der Waals surface area (Å²) in [6.07, 6.45) is 6.25. The Morgan fingerprint density at radius 3 is 1.45 bits per heavy atom. The minimum absolute atomic E-state index is 0.0548. The van der Waals surface area contributed by atoms with Gasteiger partial charge in [-0.2, -0.15) is 0 Å². The lowest BCUT2D eigenvalue weighted by Crippen LogP contribution is -2.29. The van der Waals surface area contributed by atoms with E-state index in [2.05, 4.69) is 10.6 Å². The SMILES string of the molecule is O=C(/C=C/c1cccc(NC(=O)c2cccc(N3C(=O)c4ccc(C(=O)Nc5cccc(/C=C/C(=O)c6ccccc6)c5)cc4C3=O)c2)c1)c1ccccc1. The van der Waals surface area contributed by atoms with Crippen LogP contribution < -0.4 is 15.5 Å². The summed E-state index contributed by atoms with van der Waals surface area (Å²) in [4.78, 5) is 79.6. The zero-order valence-corrected chi connectivity index (χ0v) is 29.1. The Labute approximate surface area is 316 Å². The van der Waals surface area contributed by atoms with Crippen LogP contribution in [0.15, 0.2) is 164 Å². The second kappa shape index (κ2) is 15.9. The highest BCUT2D eigenvalue weighted by Gasteiger charge is 2.37. The molecule has 0 saturated carbocycles. The summed E-state index contributed by atoms with van der Waals surface area (Å²) in [5.41, 5.74) is 4.22. The van der Waals surface area contributed by atoms with E-state index in [1.807, 2.05) is 12.1 Å². The van der Waals surface area contributed by atoms with E-state index in [1.54, 1.807) is 127 Å². The van der Waals surface area contributed by atoms with Gasteiger partial charge in [-0.1, -0.05) is 103 Å². The standard InChI is InChI=1S/C46H31N3O6/c50-41(32-12-3-1-4-13-32)24-20-30-10-7-17-36(26-30)47-43(52)34-16-9-19-38(28-34)49-45(54)39-23-22-35(29-40(39)46(49)55)44(53)48-37-18-8-11-31(27-37)21-25-42(51)33-14-5-2-6-15-33/h1-29H,(H,47,52)(H,48,53)/b24-20+,25-21+. The number of hydrogen-bond acceptors (Lipinski definition) is 6. The van der Waals surface area contributed by atoms with Crippen molar-refractivity contribution in [2.24, 2.45) is 0 Å². The zero-order chi connectivity index (χ0) is 38.3. The van der Waals surface area contributed by atoms with Gasteiger partial charge in [0.1, 0.15) is 0 Å². The first-order valence-electron chi connectivity index (χ1n) is 17.2. The third kappa shape index (κ3) is 8.16. The summed E-state index contributed by atoms with van der Waals surface area (Å²) in [5, 5.41) is 5.64. The Morgan fingerprint density at radius 2 is 0.909 bits per heavy atom. The van der Waals surface area contributed by atoms with Crippen LogP contribution in [0, 0.1) is 0 Å². The molecule has 0 bridgehead atoms. The van der Waals surface area contributed by atoms with Gasteiger partial charge in [0.25, 0.3) is 23.6 Å². The molecule has 7 rings (SSSR count). The molecule has 9 heteroatoms. The zero-order valence-electron chi connectivity index (χ0n) is 29.1. The number of carbonyl (C=O) groups excluding carboxylic acids is 6. The first kappa shape index (κ1) is 35.6. The van der Waals surface area contributed by atoms with Gasteiger partial charge in [-0.15, -0.1) is 0 Å². The van der Waals surface area contributed by atoms with Crippen LogP contribution in [0.5, 0.6) is 0 Å². The van der Waals surface area contributed by atoms with E-state index in [0.717, 1.165) is 4.90 Å². The van der Waals surface area contributed by atoms with Crippen LogP contribution in [0.1, 0.15) is 73.3 Å². The van der Waals surface area contributed by atoms with Crippen molar-refractivity contribution < 1.29 is 28.8 Å². The van der Waals surface area contributed by atoms with E-state index >= 15 is 0 Å². The van der Waals surface area contributed by atoms with Crippen molar-refractivity contribution >= 4 is 64.4 Å².